The number of fused-ring (bicyclic) bond motifs is 2. The summed E-state index contributed by atoms with van der Waals surface area (Å²) in [6, 6.07) is 0. The molecule has 1 spiro atoms. The predicted molar refractivity (Wildman–Crippen MR) is 57.8 cm³/mol. The minimum Gasteiger partial charge on any atom is -0.347 e. The summed E-state index contributed by atoms with van der Waals surface area (Å²) in [5, 5.41) is 0.919. The largest absolute Gasteiger partial charge is 0.347 e. The van der Waals surface area contributed by atoms with Crippen LogP contribution in [0, 0.1) is 17.8 Å². The van der Waals surface area contributed by atoms with Gasteiger partial charge in [0.2, 0.25) is 0 Å². The van der Waals surface area contributed by atoms with Crippen LogP contribution in [0.15, 0.2) is 0 Å². The first-order valence-electron chi connectivity index (χ1n) is 5.66. The lowest BCUT2D eigenvalue weighted by Crippen LogP contribution is -2.62. The normalized spacial score (nSPS) is 41.9. The number of hydrogen-bond donors (Lipinski definition) is 0. The Morgan fingerprint density at radius 2 is 2.13 bits per heavy atom. The van der Waals surface area contributed by atoms with E-state index in [9.17, 15) is 4.79 Å². The maximum atomic E-state index is 11.7. The van der Waals surface area contributed by atoms with E-state index in [-0.39, 0.29) is 11.7 Å². The van der Waals surface area contributed by atoms with E-state index >= 15 is 0 Å². The van der Waals surface area contributed by atoms with Gasteiger partial charge < -0.3 is 9.47 Å². The fraction of sp³-hybridized carbons (Fsp3) is 0.909. The number of carbonyl (C=O) groups is 1. The molecule has 2 aliphatic carbocycles. The number of halogens is 1. The van der Waals surface area contributed by atoms with E-state index in [1.807, 2.05) is 0 Å². The van der Waals surface area contributed by atoms with Gasteiger partial charge in [-0.05, 0) is 12.8 Å². The third-order valence-corrected chi connectivity index (χ3v) is 4.59. The lowest BCUT2D eigenvalue weighted by Gasteiger charge is -2.54. The second-order valence-electron chi connectivity index (χ2n) is 4.64. The van der Waals surface area contributed by atoms with E-state index in [2.05, 4.69) is 15.9 Å². The van der Waals surface area contributed by atoms with Crippen LogP contribution in [-0.2, 0) is 14.3 Å². The standard InChI is InChI=1S/C11H15BrO3/c12-4-3-8-10-7(1-2-9(10)13)11(8)14-5-6-15-11/h7-8,10H,1-6H2/t7?,8?,10-/m0/s1. The van der Waals surface area contributed by atoms with Crippen LogP contribution in [0.5, 0.6) is 0 Å². The van der Waals surface area contributed by atoms with Crippen LogP contribution < -0.4 is 0 Å². The van der Waals surface area contributed by atoms with Crippen molar-refractivity contribution in [3.8, 4) is 0 Å². The van der Waals surface area contributed by atoms with Crippen molar-refractivity contribution in [3.05, 3.63) is 0 Å². The fourth-order valence-corrected chi connectivity index (χ4v) is 4.10. The number of carbonyl (C=O) groups excluding carboxylic acids is 1. The zero-order valence-electron chi connectivity index (χ0n) is 8.58. The second-order valence-corrected chi connectivity index (χ2v) is 5.43. The van der Waals surface area contributed by atoms with Gasteiger partial charge >= 0.3 is 0 Å². The first-order valence-corrected chi connectivity index (χ1v) is 6.78. The van der Waals surface area contributed by atoms with Crippen molar-refractivity contribution in [2.75, 3.05) is 18.5 Å². The first kappa shape index (κ1) is 10.2. The maximum Gasteiger partial charge on any atom is 0.175 e. The predicted octanol–water partition coefficient (Wildman–Crippen LogP) is 1.74. The summed E-state index contributed by atoms with van der Waals surface area (Å²) < 4.78 is 11.6. The van der Waals surface area contributed by atoms with E-state index in [1.165, 1.54) is 0 Å². The molecule has 0 aromatic carbocycles. The zero-order valence-corrected chi connectivity index (χ0v) is 10.2. The monoisotopic (exact) mass is 274 g/mol. The van der Waals surface area contributed by atoms with Crippen LogP contribution in [0.2, 0.25) is 0 Å². The van der Waals surface area contributed by atoms with Crippen LogP contribution in [0.4, 0.5) is 0 Å². The second kappa shape index (κ2) is 3.54. The molecule has 1 aliphatic heterocycles. The molecule has 3 rings (SSSR count). The van der Waals surface area contributed by atoms with Crippen molar-refractivity contribution < 1.29 is 14.3 Å². The fourth-order valence-electron chi connectivity index (χ4n) is 3.60. The van der Waals surface area contributed by atoms with Crippen LogP contribution >= 0.6 is 15.9 Å². The van der Waals surface area contributed by atoms with Gasteiger partial charge in [-0.3, -0.25) is 4.79 Å². The third kappa shape index (κ3) is 1.22. The highest BCUT2D eigenvalue weighted by atomic mass is 79.9. The molecule has 3 aliphatic rings. The van der Waals surface area contributed by atoms with Gasteiger partial charge in [-0.1, -0.05) is 15.9 Å². The van der Waals surface area contributed by atoms with Crippen molar-refractivity contribution in [2.45, 2.75) is 25.0 Å². The average Bonchev–Trinajstić information content (AvgIpc) is 2.80. The van der Waals surface area contributed by atoms with Gasteiger partial charge in [0.05, 0.1) is 13.2 Å². The summed E-state index contributed by atoms with van der Waals surface area (Å²) in [6.07, 6.45) is 2.66. The number of alkyl halides is 1. The van der Waals surface area contributed by atoms with Crippen molar-refractivity contribution in [2.24, 2.45) is 17.8 Å². The summed E-state index contributed by atoms with van der Waals surface area (Å²) in [5.41, 5.74) is 0. The van der Waals surface area contributed by atoms with Crippen LogP contribution in [-0.4, -0.2) is 30.1 Å². The Bertz CT molecular complexity index is 286. The molecular formula is C11H15BrO3. The number of ether oxygens (including phenoxy) is 2. The third-order valence-electron chi connectivity index (χ3n) is 4.13. The van der Waals surface area contributed by atoms with E-state index in [4.69, 9.17) is 9.47 Å². The molecule has 0 amide bonds. The molecule has 84 valence electrons. The van der Waals surface area contributed by atoms with Gasteiger partial charge in [-0.2, -0.15) is 0 Å². The SMILES string of the molecule is O=C1CCC2[C@H]1C(CCBr)C21OCCO1. The van der Waals surface area contributed by atoms with E-state index in [0.29, 0.717) is 30.8 Å². The zero-order chi connectivity index (χ0) is 10.5. The average molecular weight is 275 g/mol. The number of Topliss-reactive ketones (excluding diaryl/α,β-unsaturated/α-hetero) is 1. The summed E-state index contributed by atoms with van der Waals surface area (Å²) in [5.74, 6) is 0.900. The van der Waals surface area contributed by atoms with Gasteiger partial charge in [0, 0.05) is 29.5 Å². The summed E-state index contributed by atoms with van der Waals surface area (Å²) in [7, 11) is 0. The van der Waals surface area contributed by atoms with Crippen molar-refractivity contribution in [1.82, 2.24) is 0 Å². The quantitative estimate of drug-likeness (QED) is 0.720. The Balaban J connectivity index is 1.85. The molecular weight excluding hydrogens is 260 g/mol. The molecule has 3 atom stereocenters. The topological polar surface area (TPSA) is 35.5 Å². The highest BCUT2D eigenvalue weighted by Gasteiger charge is 2.69. The lowest BCUT2D eigenvalue weighted by atomic mass is 9.59. The van der Waals surface area contributed by atoms with Crippen LogP contribution in [0.25, 0.3) is 0 Å². The molecule has 0 N–H and O–H groups in total. The van der Waals surface area contributed by atoms with Crippen molar-refractivity contribution in [3.63, 3.8) is 0 Å². The lowest BCUT2D eigenvalue weighted by molar-refractivity contribution is -0.306. The summed E-state index contributed by atoms with van der Waals surface area (Å²) >= 11 is 3.45. The molecule has 15 heavy (non-hydrogen) atoms. The highest BCUT2D eigenvalue weighted by molar-refractivity contribution is 9.09. The molecule has 1 saturated heterocycles. The van der Waals surface area contributed by atoms with Crippen LogP contribution in [0.1, 0.15) is 19.3 Å². The summed E-state index contributed by atoms with van der Waals surface area (Å²) in [6.45, 7) is 1.38. The number of hydrogen-bond acceptors (Lipinski definition) is 3. The van der Waals surface area contributed by atoms with Crippen molar-refractivity contribution >= 4 is 21.7 Å². The van der Waals surface area contributed by atoms with Crippen LogP contribution in [0.3, 0.4) is 0 Å². The highest BCUT2D eigenvalue weighted by Crippen LogP contribution is 2.61. The molecule has 3 nitrogen and oxygen atoms in total. The molecule has 0 bridgehead atoms. The molecule has 0 aromatic rings. The van der Waals surface area contributed by atoms with Gasteiger partial charge in [-0.15, -0.1) is 0 Å². The van der Waals surface area contributed by atoms with Gasteiger partial charge in [0.1, 0.15) is 5.78 Å². The Morgan fingerprint density at radius 1 is 1.40 bits per heavy atom. The molecule has 4 heteroatoms. The van der Waals surface area contributed by atoms with Gasteiger partial charge in [0.15, 0.2) is 5.79 Å². The number of rotatable bonds is 2. The molecule has 2 saturated carbocycles. The van der Waals surface area contributed by atoms with E-state index in [1.54, 1.807) is 0 Å². The minimum atomic E-state index is -0.384. The molecule has 3 fully saturated rings. The van der Waals surface area contributed by atoms with Gasteiger partial charge in [0.25, 0.3) is 0 Å². The smallest absolute Gasteiger partial charge is 0.175 e. The first-order chi connectivity index (χ1) is 7.29. The Hall–Kier alpha value is 0.0700. The van der Waals surface area contributed by atoms with E-state index < -0.39 is 0 Å². The van der Waals surface area contributed by atoms with E-state index in [0.717, 1.165) is 24.6 Å². The molecule has 1 heterocycles. The Labute approximate surface area is 97.6 Å². The Kier molecular flexibility index (Phi) is 2.41. The summed E-state index contributed by atoms with van der Waals surface area (Å²) in [4.78, 5) is 11.7. The number of ketones is 1. The van der Waals surface area contributed by atoms with Gasteiger partial charge in [-0.25, -0.2) is 0 Å². The maximum absolute atomic E-state index is 11.7. The van der Waals surface area contributed by atoms with Crippen molar-refractivity contribution in [1.29, 1.82) is 0 Å². The molecule has 0 aromatic heterocycles. The minimum absolute atomic E-state index is 0.223. The molecule has 0 radical (unpaired) electrons. The Morgan fingerprint density at radius 3 is 2.80 bits per heavy atom. The molecule has 2 unspecified atom stereocenters.